The summed E-state index contributed by atoms with van der Waals surface area (Å²) in [5.41, 5.74) is 5.07. The Hall–Kier alpha value is -0.542. The third-order valence-electron chi connectivity index (χ3n) is 9.61. The number of nitrogens with zero attached hydrogens (tertiary/aromatic N) is 3. The molecule has 0 atom stereocenters. The molecule has 0 unspecified atom stereocenters. The maximum atomic E-state index is 13.9. The van der Waals surface area contributed by atoms with E-state index in [1.807, 2.05) is 0 Å². The molecule has 0 aromatic heterocycles. The summed E-state index contributed by atoms with van der Waals surface area (Å²) < 4.78 is 4.82. The summed E-state index contributed by atoms with van der Waals surface area (Å²) in [7, 11) is -2.21. The summed E-state index contributed by atoms with van der Waals surface area (Å²) in [6.45, 7) is 56.0. The molecule has 306 valence electrons. The molecule has 0 N–H and O–H groups in total. The van der Waals surface area contributed by atoms with Gasteiger partial charge in [-0.25, -0.2) is 0 Å². The maximum absolute atomic E-state index is 13.9. The van der Waals surface area contributed by atoms with Crippen LogP contribution in [0.25, 0.3) is 4.65 Å². The molecule has 8 heteroatoms. The van der Waals surface area contributed by atoms with Crippen molar-refractivity contribution in [2.45, 2.75) is 210 Å². The average molecular weight is 856 g/mol. The van der Waals surface area contributed by atoms with Gasteiger partial charge in [0, 0.05) is 37.3 Å². The molecule has 0 fully saturated rings. The van der Waals surface area contributed by atoms with Crippen LogP contribution < -0.4 is 10.2 Å². The standard InChI is InChI=1S/C40H68N2O2.C6H18NSi2.Y/c1-35(2,3)29-21-27(33(43)31(23-29)37(7,8)9)25-41(39(13,14)15)19-20-42(40(16,17)18)26-28-22-30(36(4,5)6)24-32(34(28)44)38(10,11)12;1-8(2,3)7-9(4,5)6;/h21-24,43-44H,19-20,25-26H2,1-18H3;1-6H3;/q;-1;+3/p-2. The topological polar surface area (TPSA) is 66.7 Å². The van der Waals surface area contributed by atoms with E-state index in [1.165, 1.54) is 11.1 Å². The second-order valence-corrected chi connectivity index (χ2v) is 33.2. The van der Waals surface area contributed by atoms with Gasteiger partial charge in [0.2, 0.25) is 0 Å². The molecule has 5 nitrogen and oxygen atoms in total. The zero-order valence-corrected chi connectivity index (χ0v) is 44.7. The van der Waals surface area contributed by atoms with Gasteiger partial charge in [0.05, 0.1) is 0 Å². The quantitative estimate of drug-likeness (QED) is 0.236. The van der Waals surface area contributed by atoms with Gasteiger partial charge in [-0.15, -0.1) is 11.5 Å². The number of hydrogen-bond donors (Lipinski definition) is 0. The Morgan fingerprint density at radius 2 is 0.722 bits per heavy atom. The van der Waals surface area contributed by atoms with Crippen molar-refractivity contribution in [1.82, 2.24) is 9.80 Å². The van der Waals surface area contributed by atoms with Gasteiger partial charge in [0.25, 0.3) is 0 Å². The number of rotatable bonds is 9. The van der Waals surface area contributed by atoms with Crippen molar-refractivity contribution in [3.05, 3.63) is 62.3 Å². The molecule has 0 saturated heterocycles. The molecule has 2 aromatic rings. The van der Waals surface area contributed by atoms with Crippen LogP contribution in [0.2, 0.25) is 39.3 Å². The predicted molar refractivity (Wildman–Crippen MR) is 237 cm³/mol. The fraction of sp³-hybridized carbons (Fsp3) is 0.739. The summed E-state index contributed by atoms with van der Waals surface area (Å²) in [5.74, 6) is 0.328. The molecule has 0 radical (unpaired) electrons. The number of hydrogen-bond acceptors (Lipinski definition) is 4. The molecule has 0 heterocycles. The van der Waals surface area contributed by atoms with E-state index >= 15 is 0 Å². The third kappa shape index (κ3) is 17.5. The summed E-state index contributed by atoms with van der Waals surface area (Å²) in [6.07, 6.45) is 0. The van der Waals surface area contributed by atoms with Gasteiger partial charge in [-0.1, -0.05) is 163 Å². The van der Waals surface area contributed by atoms with E-state index in [0.717, 1.165) is 35.3 Å². The molecule has 0 spiro atoms. The maximum Gasteiger partial charge on any atom is 3.00 e. The van der Waals surface area contributed by atoms with Crippen molar-refractivity contribution < 1.29 is 42.9 Å². The predicted octanol–water partition coefficient (Wildman–Crippen LogP) is 12.0. The van der Waals surface area contributed by atoms with Crippen LogP contribution in [0, 0.1) is 0 Å². The normalized spacial score (nSPS) is 13.9. The van der Waals surface area contributed by atoms with Gasteiger partial charge in [-0.05, 0) is 96.6 Å². The van der Waals surface area contributed by atoms with E-state index in [4.69, 9.17) is 4.65 Å². The van der Waals surface area contributed by atoms with Crippen molar-refractivity contribution >= 4 is 16.5 Å². The average Bonchev–Trinajstić information content (AvgIpc) is 2.86. The van der Waals surface area contributed by atoms with Gasteiger partial charge in [0.15, 0.2) is 0 Å². The largest absolute Gasteiger partial charge is 3.00 e. The minimum Gasteiger partial charge on any atom is -0.872 e. The molecule has 2 aromatic carbocycles. The van der Waals surface area contributed by atoms with Crippen molar-refractivity contribution in [2.24, 2.45) is 0 Å². The molecule has 0 amide bonds. The van der Waals surface area contributed by atoms with E-state index in [0.29, 0.717) is 13.1 Å². The van der Waals surface area contributed by atoms with E-state index in [9.17, 15) is 10.2 Å². The Balaban J connectivity index is 0.00000248. The van der Waals surface area contributed by atoms with Crippen LogP contribution in [-0.4, -0.2) is 50.4 Å². The molecule has 0 aliphatic rings. The molecule has 54 heavy (non-hydrogen) atoms. The molecule has 0 bridgehead atoms. The smallest absolute Gasteiger partial charge is 0.872 e. The van der Waals surface area contributed by atoms with Gasteiger partial charge >= 0.3 is 32.7 Å². The fourth-order valence-electron chi connectivity index (χ4n) is 6.56. The Kier molecular flexibility index (Phi) is 18.4. The molecular formula is C46H84N3O2Si2Y. The molecular weight excluding hydrogens is 772 g/mol. The Labute approximate surface area is 363 Å². The first-order chi connectivity index (χ1) is 23.1. The van der Waals surface area contributed by atoms with Crippen molar-refractivity contribution in [1.29, 1.82) is 0 Å². The van der Waals surface area contributed by atoms with Crippen molar-refractivity contribution in [3.8, 4) is 11.5 Å². The van der Waals surface area contributed by atoms with Crippen LogP contribution in [0.5, 0.6) is 11.5 Å². The second-order valence-electron chi connectivity index (χ2n) is 23.7. The first-order valence-electron chi connectivity index (χ1n) is 20.1. The zero-order valence-electron chi connectivity index (χ0n) is 39.9. The summed E-state index contributed by atoms with van der Waals surface area (Å²) in [6, 6.07) is 8.56. The molecule has 0 saturated carbocycles. The summed E-state index contributed by atoms with van der Waals surface area (Å²) in [4.78, 5) is 4.87. The van der Waals surface area contributed by atoms with Crippen molar-refractivity contribution in [2.75, 3.05) is 13.1 Å². The SMILES string of the molecule is CC(C)(C)c1cc(CN(CCN(Cc2cc(C(C)(C)C)cc(C(C)(C)C)c2[O-])C(C)(C)C)C(C)(C)C)c([O-])c(C(C)(C)C)c1.C[Si](C)(C)[N-][Si](C)(C)C.[Y+3]. The van der Waals surface area contributed by atoms with Gasteiger partial charge < -0.3 is 14.9 Å². The second kappa shape index (κ2) is 18.6. The van der Waals surface area contributed by atoms with Gasteiger partial charge in [-0.2, -0.15) is 0 Å². The van der Waals surface area contributed by atoms with E-state index in [-0.39, 0.29) is 76.9 Å². The van der Waals surface area contributed by atoms with Gasteiger partial charge in [0.1, 0.15) is 0 Å². The zero-order chi connectivity index (χ0) is 42.1. The van der Waals surface area contributed by atoms with E-state index in [1.54, 1.807) is 0 Å². The van der Waals surface area contributed by atoms with Crippen LogP contribution in [-0.2, 0) is 67.5 Å². The summed E-state index contributed by atoms with van der Waals surface area (Å²) >= 11 is 0. The Morgan fingerprint density at radius 1 is 0.463 bits per heavy atom. The third-order valence-corrected chi connectivity index (χ3v) is 15.0. The van der Waals surface area contributed by atoms with Crippen LogP contribution in [0.15, 0.2) is 24.3 Å². The molecule has 0 aliphatic carbocycles. The molecule has 0 aliphatic heterocycles. The Bertz CT molecular complexity index is 1390. The first kappa shape index (κ1) is 53.5. The summed E-state index contributed by atoms with van der Waals surface area (Å²) in [5, 5.41) is 27.8. The van der Waals surface area contributed by atoms with E-state index < -0.39 is 16.5 Å². The van der Waals surface area contributed by atoms with Crippen LogP contribution in [0.4, 0.5) is 0 Å². The minimum atomic E-state index is -1.11. The van der Waals surface area contributed by atoms with Crippen LogP contribution in [0.1, 0.15) is 158 Å². The van der Waals surface area contributed by atoms with Crippen LogP contribution >= 0.6 is 0 Å². The fourth-order valence-corrected chi connectivity index (χ4v) is 14.6. The molecule has 2 rings (SSSR count). The minimum absolute atomic E-state index is 0. The van der Waals surface area contributed by atoms with Gasteiger partial charge in [-0.3, -0.25) is 9.80 Å². The number of benzene rings is 2. The van der Waals surface area contributed by atoms with Crippen molar-refractivity contribution in [3.63, 3.8) is 0 Å². The van der Waals surface area contributed by atoms with E-state index in [2.05, 4.69) is 198 Å². The monoisotopic (exact) mass is 856 g/mol. The van der Waals surface area contributed by atoms with Crippen LogP contribution in [0.3, 0.4) is 0 Å². The Morgan fingerprint density at radius 3 is 0.889 bits per heavy atom. The first-order valence-corrected chi connectivity index (χ1v) is 27.0.